The van der Waals surface area contributed by atoms with E-state index in [1.807, 2.05) is 11.3 Å². The van der Waals surface area contributed by atoms with E-state index in [9.17, 15) is 0 Å². The second-order valence-corrected chi connectivity index (χ2v) is 18.6. The Morgan fingerprint density at radius 3 is 1.78 bits per heavy atom. The van der Waals surface area contributed by atoms with Gasteiger partial charge in [0.05, 0.1) is 11.0 Å². The number of rotatable bonds is 5. The molecule has 0 atom stereocenters. The zero-order valence-corrected chi connectivity index (χ0v) is 37.2. The van der Waals surface area contributed by atoms with Gasteiger partial charge in [-0.3, -0.25) is 4.57 Å². The molecule has 3 heterocycles. The first-order valence-corrected chi connectivity index (χ1v) is 23.6. The highest BCUT2D eigenvalue weighted by molar-refractivity contribution is 7.26. The number of aromatic nitrogens is 4. The summed E-state index contributed by atoms with van der Waals surface area (Å²) in [5, 5.41) is 14.6. The number of nitrogens with zero attached hydrogens (tertiary/aromatic N) is 4. The summed E-state index contributed by atoms with van der Waals surface area (Å²) in [6.07, 6.45) is 0. The van der Waals surface area contributed by atoms with Crippen LogP contribution in [0.2, 0.25) is 0 Å². The van der Waals surface area contributed by atoms with E-state index in [2.05, 4.69) is 224 Å². The molecule has 4 nitrogen and oxygen atoms in total. The summed E-state index contributed by atoms with van der Waals surface area (Å²) in [7, 11) is 0. The predicted octanol–water partition coefficient (Wildman–Crippen LogP) is 16.9. The van der Waals surface area contributed by atoms with Crippen LogP contribution in [0.3, 0.4) is 0 Å². The Hall–Kier alpha value is -8.51. The number of fused-ring (bicyclic) bond motifs is 14. The van der Waals surface area contributed by atoms with Crippen LogP contribution in [0.15, 0.2) is 212 Å². The van der Waals surface area contributed by atoms with Crippen LogP contribution in [-0.4, -0.2) is 19.5 Å². The van der Waals surface area contributed by atoms with Crippen molar-refractivity contribution < 1.29 is 0 Å². The molecule has 0 bridgehead atoms. The summed E-state index contributed by atoms with van der Waals surface area (Å²) in [4.78, 5) is 16.4. The SMILES string of the molecule is Cc1cccc2ccc(-c3nc(-c4ccc(-c5ccccc5)cc4)nc(-n4c5c(-c6ccc7c(c6)sc6ccc8ccccc8c67)cccc5c5c6ccccc6c6ccccc6c54)n3)cc12. The third-order valence-corrected chi connectivity index (χ3v) is 14.9. The van der Waals surface area contributed by atoms with Crippen LogP contribution < -0.4 is 0 Å². The lowest BCUT2D eigenvalue weighted by atomic mass is 9.95. The lowest BCUT2D eigenvalue weighted by Gasteiger charge is -2.15. The molecule has 0 aliphatic rings. The molecule has 0 spiro atoms. The van der Waals surface area contributed by atoms with Crippen LogP contribution in [0.4, 0.5) is 0 Å². The molecule has 0 N–H and O–H groups in total. The highest BCUT2D eigenvalue weighted by Crippen LogP contribution is 2.46. The molecule has 0 aliphatic carbocycles. The lowest BCUT2D eigenvalue weighted by molar-refractivity contribution is 0.956. The first-order chi connectivity index (χ1) is 33.1. The van der Waals surface area contributed by atoms with E-state index in [4.69, 9.17) is 15.0 Å². The van der Waals surface area contributed by atoms with Gasteiger partial charge in [-0.1, -0.05) is 194 Å². The van der Waals surface area contributed by atoms with Crippen molar-refractivity contribution in [2.75, 3.05) is 0 Å². The number of hydrogen-bond donors (Lipinski definition) is 0. The number of para-hydroxylation sites is 1. The number of thiophene rings is 1. The van der Waals surface area contributed by atoms with Gasteiger partial charge in [0.25, 0.3) is 0 Å². The van der Waals surface area contributed by atoms with Gasteiger partial charge in [0, 0.05) is 53.0 Å². The van der Waals surface area contributed by atoms with Gasteiger partial charge in [-0.15, -0.1) is 11.3 Å². The van der Waals surface area contributed by atoms with Crippen molar-refractivity contribution in [1.29, 1.82) is 0 Å². The maximum atomic E-state index is 5.55. The predicted molar refractivity (Wildman–Crippen MR) is 284 cm³/mol. The fourth-order valence-electron chi connectivity index (χ4n) is 10.6. The van der Waals surface area contributed by atoms with E-state index in [1.54, 1.807) is 0 Å². The molecule has 312 valence electrons. The van der Waals surface area contributed by atoms with Crippen LogP contribution >= 0.6 is 11.3 Å². The summed E-state index contributed by atoms with van der Waals surface area (Å²) < 4.78 is 4.90. The summed E-state index contributed by atoms with van der Waals surface area (Å²) in [6, 6.07) is 76.7. The van der Waals surface area contributed by atoms with Crippen LogP contribution in [0, 0.1) is 6.92 Å². The lowest BCUT2D eigenvalue weighted by Crippen LogP contribution is -2.07. The molecular formula is C62H38N4S. The molecule has 0 saturated carbocycles. The van der Waals surface area contributed by atoms with Crippen LogP contribution in [0.5, 0.6) is 0 Å². The van der Waals surface area contributed by atoms with Crippen molar-refractivity contribution in [2.24, 2.45) is 0 Å². The van der Waals surface area contributed by atoms with Gasteiger partial charge in [0.1, 0.15) is 0 Å². The van der Waals surface area contributed by atoms with Crippen molar-refractivity contribution >= 4 is 96.4 Å². The summed E-state index contributed by atoms with van der Waals surface area (Å²) in [5.74, 6) is 1.80. The molecule has 0 saturated heterocycles. The molecule has 5 heteroatoms. The Kier molecular flexibility index (Phi) is 8.33. The van der Waals surface area contributed by atoms with Crippen molar-refractivity contribution in [3.8, 4) is 51.0 Å². The molecule has 0 amide bonds. The smallest absolute Gasteiger partial charge is 0.238 e. The average Bonchev–Trinajstić information content (AvgIpc) is 3.96. The second kappa shape index (κ2) is 14.8. The molecule has 67 heavy (non-hydrogen) atoms. The highest BCUT2D eigenvalue weighted by atomic mass is 32.1. The van der Waals surface area contributed by atoms with Gasteiger partial charge in [-0.2, -0.15) is 9.97 Å². The topological polar surface area (TPSA) is 43.6 Å². The Bertz CT molecular complexity index is 4340. The van der Waals surface area contributed by atoms with Gasteiger partial charge in [0.2, 0.25) is 5.95 Å². The monoisotopic (exact) mass is 870 g/mol. The molecule has 0 unspecified atom stereocenters. The van der Waals surface area contributed by atoms with Crippen molar-refractivity contribution in [1.82, 2.24) is 19.5 Å². The third kappa shape index (κ3) is 5.88. The first-order valence-electron chi connectivity index (χ1n) is 22.8. The van der Waals surface area contributed by atoms with E-state index < -0.39 is 0 Å². The maximum absolute atomic E-state index is 5.55. The zero-order valence-electron chi connectivity index (χ0n) is 36.4. The maximum Gasteiger partial charge on any atom is 0.238 e. The molecule has 14 rings (SSSR count). The molecule has 0 radical (unpaired) electrons. The second-order valence-electron chi connectivity index (χ2n) is 17.6. The first kappa shape index (κ1) is 37.8. The number of benzene rings is 11. The van der Waals surface area contributed by atoms with Gasteiger partial charge in [-0.25, -0.2) is 4.98 Å². The Morgan fingerprint density at radius 1 is 0.343 bits per heavy atom. The minimum Gasteiger partial charge on any atom is -0.277 e. The average molecular weight is 871 g/mol. The van der Waals surface area contributed by atoms with Gasteiger partial charge in [0.15, 0.2) is 11.6 Å². The normalized spacial score (nSPS) is 12.0. The molecule has 11 aromatic carbocycles. The number of aryl methyl sites for hydroxylation is 1. The molecule has 0 fully saturated rings. The third-order valence-electron chi connectivity index (χ3n) is 13.8. The largest absolute Gasteiger partial charge is 0.277 e. The van der Waals surface area contributed by atoms with E-state index in [1.165, 1.54) is 68.8 Å². The van der Waals surface area contributed by atoms with E-state index >= 15 is 0 Å². The summed E-state index contributed by atoms with van der Waals surface area (Å²) in [6.45, 7) is 2.16. The Labute approximate surface area is 389 Å². The van der Waals surface area contributed by atoms with E-state index in [0.29, 0.717) is 17.6 Å². The summed E-state index contributed by atoms with van der Waals surface area (Å²) in [5.41, 5.74) is 9.75. The zero-order chi connectivity index (χ0) is 44.2. The van der Waals surface area contributed by atoms with Gasteiger partial charge >= 0.3 is 0 Å². The fourth-order valence-corrected chi connectivity index (χ4v) is 11.8. The van der Waals surface area contributed by atoms with Crippen molar-refractivity contribution in [3.05, 3.63) is 218 Å². The van der Waals surface area contributed by atoms with Crippen molar-refractivity contribution in [3.63, 3.8) is 0 Å². The highest BCUT2D eigenvalue weighted by Gasteiger charge is 2.25. The minimum absolute atomic E-state index is 0.569. The standard InChI is InChI=1S/C62H38N4S/c1-37-13-11-17-41-27-30-44(35-53(37)41)61-63-60(42-28-25-39(26-29-42)38-14-3-2-4-15-38)64-62(65-61)66-58-46(43-31-33-51-55(36-43)67-54-34-32-40-16-5-6-18-45(40)56(51)54)23-12-24-52(58)57-49-21-9-7-19-47(49)48-20-8-10-22-50(48)59(57)66/h2-36H,1H3. The molecule has 3 aromatic heterocycles. The molecule has 0 aliphatic heterocycles. The van der Waals surface area contributed by atoms with E-state index in [-0.39, 0.29) is 0 Å². The Balaban J connectivity index is 1.09. The summed E-state index contributed by atoms with van der Waals surface area (Å²) >= 11 is 1.86. The fraction of sp³-hybridized carbons (Fsp3) is 0.0161. The van der Waals surface area contributed by atoms with Crippen LogP contribution in [0.25, 0.3) is 136 Å². The minimum atomic E-state index is 0.569. The molecular weight excluding hydrogens is 833 g/mol. The quantitative estimate of drug-likeness (QED) is 0.162. The van der Waals surface area contributed by atoms with Crippen molar-refractivity contribution in [2.45, 2.75) is 6.92 Å². The molecule has 14 aromatic rings. The van der Waals surface area contributed by atoms with Gasteiger partial charge in [-0.05, 0) is 85.1 Å². The van der Waals surface area contributed by atoms with Crippen LogP contribution in [0.1, 0.15) is 5.56 Å². The Morgan fingerprint density at radius 2 is 0.940 bits per heavy atom. The number of hydrogen-bond acceptors (Lipinski definition) is 4. The van der Waals surface area contributed by atoms with E-state index in [0.717, 1.165) is 55.2 Å². The van der Waals surface area contributed by atoms with Crippen LogP contribution in [-0.2, 0) is 0 Å². The van der Waals surface area contributed by atoms with Gasteiger partial charge < -0.3 is 0 Å².